The van der Waals surface area contributed by atoms with Gasteiger partial charge >= 0.3 is 0 Å². The molecular formula is C24H24BN5O3. The van der Waals surface area contributed by atoms with Crippen molar-refractivity contribution >= 4 is 47.2 Å². The second-order valence-electron chi connectivity index (χ2n) is 8.08. The number of amides is 1. The normalized spacial score (nSPS) is 13.7. The summed E-state index contributed by atoms with van der Waals surface area (Å²) in [5.74, 6) is 1.22. The van der Waals surface area contributed by atoms with Gasteiger partial charge < -0.3 is 20.2 Å². The Morgan fingerprint density at radius 1 is 1.24 bits per heavy atom. The number of benzene rings is 1. The van der Waals surface area contributed by atoms with Crippen LogP contribution in [0.3, 0.4) is 0 Å². The van der Waals surface area contributed by atoms with Crippen molar-refractivity contribution in [1.82, 2.24) is 19.9 Å². The molecule has 4 aromatic rings. The number of carbonyl (C=O) groups is 1. The van der Waals surface area contributed by atoms with E-state index < -0.39 is 0 Å². The van der Waals surface area contributed by atoms with Gasteiger partial charge in [0.2, 0.25) is 0 Å². The van der Waals surface area contributed by atoms with Gasteiger partial charge in [0, 0.05) is 42.7 Å². The average Bonchev–Trinajstić information content (AvgIpc) is 3.43. The topological polar surface area (TPSA) is 105 Å². The number of fused-ring (bicyclic) bond motifs is 2. The number of furan rings is 1. The fraction of sp³-hybridized carbons (Fsp3) is 0.208. The quantitative estimate of drug-likeness (QED) is 0.301. The molecule has 3 N–H and O–H groups in total. The van der Waals surface area contributed by atoms with E-state index in [1.54, 1.807) is 16.8 Å². The Morgan fingerprint density at radius 2 is 2.12 bits per heavy atom. The summed E-state index contributed by atoms with van der Waals surface area (Å²) in [6, 6.07) is 11.2. The summed E-state index contributed by atoms with van der Waals surface area (Å²) in [5, 5.41) is 22.0. The van der Waals surface area contributed by atoms with Gasteiger partial charge in [0.25, 0.3) is 5.91 Å². The third kappa shape index (κ3) is 4.21. The van der Waals surface area contributed by atoms with E-state index in [0.717, 1.165) is 34.3 Å². The molecule has 5 rings (SSSR count). The average molecular weight is 441 g/mol. The summed E-state index contributed by atoms with van der Waals surface area (Å²) < 4.78 is 7.37. The van der Waals surface area contributed by atoms with Gasteiger partial charge in [-0.25, -0.2) is 4.98 Å². The lowest BCUT2D eigenvalue weighted by Gasteiger charge is -2.14. The van der Waals surface area contributed by atoms with Gasteiger partial charge in [-0.1, -0.05) is 30.4 Å². The third-order valence-electron chi connectivity index (χ3n) is 5.66. The predicted molar refractivity (Wildman–Crippen MR) is 131 cm³/mol. The molecule has 0 atom stereocenters. The van der Waals surface area contributed by atoms with Crippen LogP contribution in [0.4, 0.5) is 5.82 Å². The Morgan fingerprint density at radius 3 is 2.97 bits per heavy atom. The van der Waals surface area contributed by atoms with Crippen molar-refractivity contribution in [1.29, 1.82) is 0 Å². The summed E-state index contributed by atoms with van der Waals surface area (Å²) in [4.78, 5) is 17.1. The Balaban J connectivity index is 1.24. The predicted octanol–water partition coefficient (Wildman–Crippen LogP) is 2.59. The highest BCUT2D eigenvalue weighted by Crippen LogP contribution is 2.26. The van der Waals surface area contributed by atoms with Crippen LogP contribution in [0.1, 0.15) is 35.5 Å². The monoisotopic (exact) mass is 441 g/mol. The highest BCUT2D eigenvalue weighted by Gasteiger charge is 2.16. The van der Waals surface area contributed by atoms with Crippen molar-refractivity contribution in [2.24, 2.45) is 0 Å². The lowest BCUT2D eigenvalue weighted by Crippen LogP contribution is -2.25. The second-order valence-corrected chi connectivity index (χ2v) is 8.08. The highest BCUT2D eigenvalue weighted by atomic mass is 16.3. The zero-order chi connectivity index (χ0) is 22.8. The van der Waals surface area contributed by atoms with Gasteiger partial charge in [-0.15, -0.1) is 0 Å². The van der Waals surface area contributed by atoms with E-state index in [4.69, 9.17) is 9.40 Å². The number of para-hydroxylation sites is 1. The fourth-order valence-corrected chi connectivity index (χ4v) is 3.91. The van der Waals surface area contributed by atoms with Crippen molar-refractivity contribution in [3.63, 3.8) is 0 Å². The number of aliphatic hydroxyl groups is 1. The van der Waals surface area contributed by atoms with Gasteiger partial charge in [0.05, 0.1) is 5.69 Å². The minimum absolute atomic E-state index is 0.228. The minimum Gasteiger partial charge on any atom is -0.512 e. The first-order valence-electron chi connectivity index (χ1n) is 11.1. The first-order chi connectivity index (χ1) is 16.1. The molecule has 0 saturated heterocycles. The van der Waals surface area contributed by atoms with Crippen LogP contribution in [0.2, 0.25) is 0 Å². The number of allylic oxidation sites excluding steroid dienone is 4. The van der Waals surface area contributed by atoms with Gasteiger partial charge in [0.15, 0.2) is 11.4 Å². The number of aromatic nitrogens is 3. The first-order valence-corrected chi connectivity index (χ1v) is 11.1. The van der Waals surface area contributed by atoms with Crippen LogP contribution in [0.5, 0.6) is 0 Å². The van der Waals surface area contributed by atoms with E-state index in [9.17, 15) is 9.90 Å². The summed E-state index contributed by atoms with van der Waals surface area (Å²) in [6.45, 7) is 1.12. The molecule has 1 amide bonds. The molecule has 0 fully saturated rings. The number of nitrogens with zero attached hydrogens (tertiary/aromatic N) is 3. The maximum Gasteiger partial charge on any atom is 0.287 e. The van der Waals surface area contributed by atoms with Gasteiger partial charge in [-0.3, -0.25) is 4.79 Å². The zero-order valence-corrected chi connectivity index (χ0v) is 18.3. The van der Waals surface area contributed by atoms with Gasteiger partial charge in [0.1, 0.15) is 25.0 Å². The lowest BCUT2D eigenvalue weighted by atomic mass is 9.99. The first kappa shape index (κ1) is 20.9. The number of hydrogen-bond acceptors (Lipinski definition) is 6. The number of rotatable bonds is 7. The maximum absolute atomic E-state index is 12.4. The SMILES string of the molecule is Bc1cnn2c(NCCCNC(=O)c3cc4ccccc4o3)cc(C3=C(O)CCC=C3)nc12. The molecule has 0 bridgehead atoms. The van der Waals surface area contributed by atoms with Crippen LogP contribution < -0.4 is 16.1 Å². The van der Waals surface area contributed by atoms with Crippen LogP contribution in [-0.4, -0.2) is 46.5 Å². The molecule has 3 heterocycles. The molecule has 8 nitrogen and oxygen atoms in total. The van der Waals surface area contributed by atoms with Crippen molar-refractivity contribution in [2.45, 2.75) is 19.3 Å². The summed E-state index contributed by atoms with van der Waals surface area (Å²) >= 11 is 0. The Hall–Kier alpha value is -4.01. The van der Waals surface area contributed by atoms with Crippen molar-refractivity contribution in [3.8, 4) is 0 Å². The molecule has 1 aromatic carbocycles. The Labute approximate surface area is 191 Å². The number of carbonyl (C=O) groups excluding carboxylic acids is 1. The van der Waals surface area contributed by atoms with E-state index in [2.05, 4.69) is 15.7 Å². The van der Waals surface area contributed by atoms with Crippen molar-refractivity contribution in [2.75, 3.05) is 18.4 Å². The fourth-order valence-electron chi connectivity index (χ4n) is 3.91. The molecule has 0 spiro atoms. The molecule has 33 heavy (non-hydrogen) atoms. The Kier molecular flexibility index (Phi) is 5.60. The molecule has 9 heteroatoms. The smallest absolute Gasteiger partial charge is 0.287 e. The van der Waals surface area contributed by atoms with Gasteiger partial charge in [-0.2, -0.15) is 9.61 Å². The zero-order valence-electron chi connectivity index (χ0n) is 18.3. The largest absolute Gasteiger partial charge is 0.512 e. The van der Waals surface area contributed by atoms with E-state index in [-0.39, 0.29) is 5.91 Å². The van der Waals surface area contributed by atoms with E-state index >= 15 is 0 Å². The highest BCUT2D eigenvalue weighted by molar-refractivity contribution is 6.36. The summed E-state index contributed by atoms with van der Waals surface area (Å²) in [5.41, 5.74) is 3.85. The molecule has 0 saturated carbocycles. The molecule has 166 valence electrons. The number of anilines is 1. The number of nitrogens with one attached hydrogen (secondary N) is 2. The minimum atomic E-state index is -0.228. The molecular weight excluding hydrogens is 417 g/mol. The van der Waals surface area contributed by atoms with Crippen molar-refractivity contribution < 1.29 is 14.3 Å². The van der Waals surface area contributed by atoms with E-state index in [1.165, 1.54) is 0 Å². The van der Waals surface area contributed by atoms with Crippen molar-refractivity contribution in [3.05, 3.63) is 72.0 Å². The summed E-state index contributed by atoms with van der Waals surface area (Å²) in [6.07, 6.45) is 7.89. The molecule has 3 aromatic heterocycles. The van der Waals surface area contributed by atoms with Crippen LogP contribution in [0, 0.1) is 0 Å². The molecule has 1 aliphatic carbocycles. The molecule has 0 radical (unpaired) electrons. The van der Waals surface area contributed by atoms with E-state index in [1.807, 2.05) is 50.3 Å². The number of hydrogen-bond donors (Lipinski definition) is 3. The Bertz CT molecular complexity index is 1370. The standard InChI is InChI=1S/C24H24BN5O3/c25-17-14-28-30-22(13-18(29-23(17)30)16-7-2-3-8-19(16)31)26-10-5-11-27-24(32)21-12-15-6-1-4-9-20(15)33-21/h1-2,4,6-7,9,12-14,26,31H,3,5,8,10-11,25H2,(H,27,32). The third-order valence-corrected chi connectivity index (χ3v) is 5.66. The lowest BCUT2D eigenvalue weighted by molar-refractivity contribution is 0.0928. The molecule has 0 aliphatic heterocycles. The maximum atomic E-state index is 12.4. The van der Waals surface area contributed by atoms with Crippen LogP contribution in [0.15, 0.2) is 64.9 Å². The molecule has 1 aliphatic rings. The van der Waals surface area contributed by atoms with E-state index in [0.29, 0.717) is 48.7 Å². The van der Waals surface area contributed by atoms with Crippen LogP contribution >= 0.6 is 0 Å². The second kappa shape index (κ2) is 8.86. The van der Waals surface area contributed by atoms with Gasteiger partial charge in [-0.05, 0) is 30.4 Å². The summed E-state index contributed by atoms with van der Waals surface area (Å²) in [7, 11) is 1.96. The molecule has 0 unspecified atom stereocenters. The van der Waals surface area contributed by atoms with Crippen LogP contribution in [-0.2, 0) is 0 Å². The number of aliphatic hydroxyl groups excluding tert-OH is 1. The van der Waals surface area contributed by atoms with Crippen LogP contribution in [0.25, 0.3) is 22.2 Å².